The van der Waals surface area contributed by atoms with E-state index >= 15 is 0 Å². The predicted octanol–water partition coefficient (Wildman–Crippen LogP) is 3.49. The van der Waals surface area contributed by atoms with Gasteiger partial charge in [0.2, 0.25) is 11.8 Å². The average Bonchev–Trinajstić information content (AvgIpc) is 3.66. The van der Waals surface area contributed by atoms with Crippen LogP contribution in [0.15, 0.2) is 36.5 Å². The first-order chi connectivity index (χ1) is 20.7. The summed E-state index contributed by atoms with van der Waals surface area (Å²) < 4.78 is 16.3. The van der Waals surface area contributed by atoms with E-state index in [2.05, 4.69) is 21.8 Å². The Hall–Kier alpha value is -4.61. The summed E-state index contributed by atoms with van der Waals surface area (Å²) in [6.45, 7) is 0.698. The van der Waals surface area contributed by atoms with Crippen molar-refractivity contribution < 1.29 is 23.6 Å². The maximum Gasteiger partial charge on any atom is 0.262 e. The fourth-order valence-electron chi connectivity index (χ4n) is 6.27. The summed E-state index contributed by atoms with van der Waals surface area (Å²) in [5.41, 5.74) is 3.99. The molecule has 3 fully saturated rings. The van der Waals surface area contributed by atoms with Crippen molar-refractivity contribution in [2.45, 2.75) is 56.5 Å². The number of carbonyl (C=O) groups is 4. The summed E-state index contributed by atoms with van der Waals surface area (Å²) in [6.07, 6.45) is 6.33. The van der Waals surface area contributed by atoms with Crippen LogP contribution in [0, 0.1) is 11.7 Å². The van der Waals surface area contributed by atoms with Gasteiger partial charge in [0.15, 0.2) is 11.6 Å². The number of nitrogens with one attached hydrogen (secondary N) is 2. The van der Waals surface area contributed by atoms with E-state index in [1.54, 1.807) is 43.3 Å². The molecule has 0 bridgehead atoms. The molecule has 222 valence electrons. The number of imide groups is 2. The zero-order valence-corrected chi connectivity index (χ0v) is 24.0. The van der Waals surface area contributed by atoms with Gasteiger partial charge in [-0.3, -0.25) is 34.1 Å². The Morgan fingerprint density at radius 2 is 1.77 bits per heavy atom. The summed E-state index contributed by atoms with van der Waals surface area (Å²) in [6, 6.07) is 7.51. The molecule has 11 nitrogen and oxygen atoms in total. The molecular formula is C31H32FN7O4. The molecule has 2 saturated carbocycles. The lowest BCUT2D eigenvalue weighted by Crippen LogP contribution is -2.54. The molecule has 1 unspecified atom stereocenters. The number of carbonyl (C=O) groups excluding carboxylic acids is 4. The molecule has 1 aromatic carbocycles. The maximum atomic E-state index is 14.3. The molecule has 2 N–H and O–H groups in total. The van der Waals surface area contributed by atoms with Crippen molar-refractivity contribution in [2.24, 2.45) is 5.92 Å². The number of hydrogen-bond donors (Lipinski definition) is 2. The number of aromatic nitrogens is 3. The Labute approximate surface area is 247 Å². The van der Waals surface area contributed by atoms with E-state index in [9.17, 15) is 23.6 Å². The predicted molar refractivity (Wildman–Crippen MR) is 155 cm³/mol. The first-order valence-electron chi connectivity index (χ1n) is 14.7. The van der Waals surface area contributed by atoms with Crippen LogP contribution < -0.4 is 15.5 Å². The highest BCUT2D eigenvalue weighted by molar-refractivity contribution is 6.23. The van der Waals surface area contributed by atoms with Crippen LogP contribution in [0.3, 0.4) is 0 Å². The van der Waals surface area contributed by atoms with Gasteiger partial charge in [0.1, 0.15) is 6.04 Å². The minimum absolute atomic E-state index is 0.0846. The SMILES string of the molecule is CN(C)c1nc(-c2cn(C3CC(CNc4ccc5c(c4)C(=O)N(C4CCC(=O)NC4=O)C5=O)C3)nc2C2CC2)ccc1F. The Bertz CT molecular complexity index is 1670. The fraction of sp³-hybridized carbons (Fsp3) is 0.419. The zero-order chi connectivity index (χ0) is 30.0. The normalized spacial score (nSPS) is 23.2. The Kier molecular flexibility index (Phi) is 6.51. The molecule has 7 rings (SSSR count). The van der Waals surface area contributed by atoms with Gasteiger partial charge in [0.05, 0.1) is 28.6 Å². The first-order valence-corrected chi connectivity index (χ1v) is 14.7. The highest BCUT2D eigenvalue weighted by Gasteiger charge is 2.44. The number of nitrogens with zero attached hydrogens (tertiary/aromatic N) is 5. The van der Waals surface area contributed by atoms with Gasteiger partial charge < -0.3 is 10.2 Å². The minimum Gasteiger partial charge on any atom is -0.385 e. The smallest absolute Gasteiger partial charge is 0.262 e. The maximum absolute atomic E-state index is 14.3. The molecule has 0 spiro atoms. The number of amides is 4. The largest absolute Gasteiger partial charge is 0.385 e. The standard InChI is InChI=1S/C31H32FN7O4/c1-37(2)28-23(32)7-8-24(34-28)22-15-38(36-27(22)17-3-4-17)19-11-16(12-19)14-33-18-5-6-20-21(13-18)31(43)39(30(20)42)25-9-10-26(40)35-29(25)41/h5-8,13,15-17,19,25,33H,3-4,9-12,14H2,1-2H3,(H,35,40,41). The second kappa shape index (κ2) is 10.3. The van der Waals surface area contributed by atoms with Gasteiger partial charge in [-0.05, 0) is 68.4 Å². The summed E-state index contributed by atoms with van der Waals surface area (Å²) in [5.74, 6) is -1.28. The number of fused-ring (bicyclic) bond motifs is 1. The molecule has 2 aromatic heterocycles. The van der Waals surface area contributed by atoms with Gasteiger partial charge >= 0.3 is 0 Å². The third-order valence-electron chi connectivity index (χ3n) is 8.87. The van der Waals surface area contributed by atoms with Crippen LogP contribution in [0.5, 0.6) is 0 Å². The van der Waals surface area contributed by atoms with E-state index < -0.39 is 29.7 Å². The van der Waals surface area contributed by atoms with E-state index in [4.69, 9.17) is 5.10 Å². The first kappa shape index (κ1) is 27.2. The van der Waals surface area contributed by atoms with Crippen molar-refractivity contribution in [1.82, 2.24) is 25.0 Å². The van der Waals surface area contributed by atoms with Crippen molar-refractivity contribution in [3.05, 3.63) is 59.2 Å². The molecule has 4 heterocycles. The van der Waals surface area contributed by atoms with Crippen LogP contribution in [0.25, 0.3) is 11.3 Å². The third kappa shape index (κ3) is 4.84. The number of hydrogen-bond acceptors (Lipinski definition) is 8. The van der Waals surface area contributed by atoms with Gasteiger partial charge in [-0.2, -0.15) is 5.10 Å². The molecular weight excluding hydrogens is 553 g/mol. The molecule has 12 heteroatoms. The zero-order valence-electron chi connectivity index (χ0n) is 24.0. The van der Waals surface area contributed by atoms with E-state index in [0.29, 0.717) is 24.2 Å². The highest BCUT2D eigenvalue weighted by Crippen LogP contribution is 2.46. The van der Waals surface area contributed by atoms with Crippen LogP contribution in [-0.2, 0) is 9.59 Å². The summed E-state index contributed by atoms with van der Waals surface area (Å²) in [7, 11) is 3.55. The topological polar surface area (TPSA) is 130 Å². The number of benzene rings is 1. The van der Waals surface area contributed by atoms with E-state index in [1.807, 2.05) is 4.68 Å². The van der Waals surface area contributed by atoms with Crippen LogP contribution in [-0.4, -0.2) is 70.0 Å². The summed E-state index contributed by atoms with van der Waals surface area (Å²) >= 11 is 0. The fourth-order valence-corrected chi connectivity index (χ4v) is 6.27. The number of rotatable bonds is 8. The molecule has 4 amide bonds. The number of pyridine rings is 1. The quantitative estimate of drug-likeness (QED) is 0.385. The summed E-state index contributed by atoms with van der Waals surface area (Å²) in [5, 5.41) is 10.6. The van der Waals surface area contributed by atoms with Crippen molar-refractivity contribution >= 4 is 35.1 Å². The highest BCUT2D eigenvalue weighted by atomic mass is 19.1. The van der Waals surface area contributed by atoms with E-state index in [0.717, 1.165) is 53.2 Å². The molecule has 3 aromatic rings. The molecule has 2 aliphatic carbocycles. The third-order valence-corrected chi connectivity index (χ3v) is 8.87. The van der Waals surface area contributed by atoms with Gasteiger partial charge in [-0.25, -0.2) is 9.37 Å². The second-order valence-corrected chi connectivity index (χ2v) is 12.2. The van der Waals surface area contributed by atoms with Crippen LogP contribution >= 0.6 is 0 Å². The summed E-state index contributed by atoms with van der Waals surface area (Å²) in [4.78, 5) is 57.1. The number of piperidine rings is 1. The lowest BCUT2D eigenvalue weighted by Gasteiger charge is -2.35. The number of anilines is 2. The average molecular weight is 586 g/mol. The second-order valence-electron chi connectivity index (χ2n) is 12.2. The molecule has 43 heavy (non-hydrogen) atoms. The van der Waals surface area contributed by atoms with Crippen LogP contribution in [0.1, 0.15) is 76.9 Å². The minimum atomic E-state index is -0.981. The molecule has 2 aliphatic heterocycles. The van der Waals surface area contributed by atoms with E-state index in [-0.39, 0.29) is 35.8 Å². The van der Waals surface area contributed by atoms with Crippen molar-refractivity contribution in [2.75, 3.05) is 30.9 Å². The van der Waals surface area contributed by atoms with Crippen molar-refractivity contribution in [1.29, 1.82) is 0 Å². The lowest BCUT2D eigenvalue weighted by molar-refractivity contribution is -0.136. The number of halogens is 1. The van der Waals surface area contributed by atoms with Gasteiger partial charge in [0.25, 0.3) is 11.8 Å². The van der Waals surface area contributed by atoms with Crippen molar-refractivity contribution in [3.63, 3.8) is 0 Å². The van der Waals surface area contributed by atoms with E-state index in [1.165, 1.54) is 6.07 Å². The Balaban J connectivity index is 0.996. The molecule has 1 saturated heterocycles. The molecule has 1 atom stereocenters. The monoisotopic (exact) mass is 585 g/mol. The van der Waals surface area contributed by atoms with Gasteiger partial charge in [0, 0.05) is 50.4 Å². The van der Waals surface area contributed by atoms with Crippen LogP contribution in [0.2, 0.25) is 0 Å². The van der Waals surface area contributed by atoms with Gasteiger partial charge in [-0.1, -0.05) is 0 Å². The van der Waals surface area contributed by atoms with Crippen molar-refractivity contribution in [3.8, 4) is 11.3 Å². The van der Waals surface area contributed by atoms with Crippen LogP contribution in [0.4, 0.5) is 15.9 Å². The lowest BCUT2D eigenvalue weighted by atomic mass is 9.80. The van der Waals surface area contributed by atoms with Gasteiger partial charge in [-0.15, -0.1) is 0 Å². The molecule has 4 aliphatic rings. The Morgan fingerprint density at radius 1 is 1.00 bits per heavy atom. The molecule has 0 radical (unpaired) electrons. The Morgan fingerprint density at radius 3 is 2.49 bits per heavy atom.